The highest BCUT2D eigenvalue weighted by atomic mass is 32.2. The zero-order valence-electron chi connectivity index (χ0n) is 20.1. The molecule has 0 spiro atoms. The van der Waals surface area contributed by atoms with Gasteiger partial charge < -0.3 is 15.0 Å². The fourth-order valence-corrected chi connectivity index (χ4v) is 7.49. The lowest BCUT2D eigenvalue weighted by atomic mass is 10.1. The minimum absolute atomic E-state index is 0.00253. The number of pyridine rings is 1. The molecule has 10 nitrogen and oxygen atoms in total. The van der Waals surface area contributed by atoms with E-state index in [0.717, 1.165) is 10.1 Å². The molecule has 5 rings (SSSR count). The van der Waals surface area contributed by atoms with Crippen molar-refractivity contribution in [1.82, 2.24) is 19.5 Å². The molecule has 3 aromatic rings. The van der Waals surface area contributed by atoms with Crippen molar-refractivity contribution in [2.45, 2.75) is 49.2 Å². The maximum Gasteiger partial charge on any atom is 0.414 e. The molecule has 2 saturated heterocycles. The maximum atomic E-state index is 13.5. The van der Waals surface area contributed by atoms with Crippen LogP contribution in [0.25, 0.3) is 10.1 Å². The van der Waals surface area contributed by atoms with E-state index in [1.807, 2.05) is 31.2 Å². The number of hydrogen-bond donors (Lipinski definition) is 1. The average molecular weight is 543 g/mol. The molecule has 1 aromatic carbocycles. The molecule has 194 valence electrons. The van der Waals surface area contributed by atoms with Gasteiger partial charge in [0.2, 0.25) is 15.9 Å². The Balaban J connectivity index is 1.29. The van der Waals surface area contributed by atoms with Gasteiger partial charge in [0.1, 0.15) is 17.0 Å². The quantitative estimate of drug-likeness (QED) is 0.487. The highest BCUT2D eigenvalue weighted by Crippen LogP contribution is 2.35. The van der Waals surface area contributed by atoms with E-state index in [1.54, 1.807) is 6.07 Å². The Bertz CT molecular complexity index is 1410. The topological polar surface area (TPSA) is 126 Å². The van der Waals surface area contributed by atoms with E-state index in [9.17, 15) is 22.8 Å². The van der Waals surface area contributed by atoms with Gasteiger partial charge in [0.15, 0.2) is 10.8 Å². The average Bonchev–Trinajstić information content (AvgIpc) is 3.58. The van der Waals surface area contributed by atoms with Gasteiger partial charge in [0, 0.05) is 29.7 Å². The molecule has 1 N–H and O–H groups in total. The standard InChI is InChI=1S/C25H26N4O6S2/c1-2-6-18(27-25(32)35-22-13-16-7-3-4-9-21(16)36-22)24(31)28-12-10-19-23(28)20(30)15-29(19)37(33,34)17-8-5-11-26-14-17/h3-5,7-9,11,13-14,18-19,23H,2,6,10,12,15H2,1H3,(H,27,32). The van der Waals surface area contributed by atoms with Gasteiger partial charge in [-0.15, -0.1) is 0 Å². The zero-order valence-corrected chi connectivity index (χ0v) is 21.7. The molecule has 2 aromatic heterocycles. The van der Waals surface area contributed by atoms with E-state index in [2.05, 4.69) is 10.3 Å². The van der Waals surface area contributed by atoms with Gasteiger partial charge in [-0.05, 0) is 36.4 Å². The molecular formula is C25H26N4O6S2. The molecule has 0 radical (unpaired) electrons. The molecule has 4 heterocycles. The van der Waals surface area contributed by atoms with Crippen LogP contribution in [0.5, 0.6) is 5.06 Å². The lowest BCUT2D eigenvalue weighted by Crippen LogP contribution is -2.52. The number of amides is 2. The summed E-state index contributed by atoms with van der Waals surface area (Å²) in [6.07, 6.45) is 3.24. The van der Waals surface area contributed by atoms with Gasteiger partial charge in [-0.25, -0.2) is 13.2 Å². The Morgan fingerprint density at radius 1 is 1.24 bits per heavy atom. The van der Waals surface area contributed by atoms with Crippen molar-refractivity contribution in [3.63, 3.8) is 0 Å². The monoisotopic (exact) mass is 542 g/mol. The van der Waals surface area contributed by atoms with Crippen molar-refractivity contribution in [2.24, 2.45) is 0 Å². The number of nitrogens with zero attached hydrogens (tertiary/aromatic N) is 3. The predicted molar refractivity (Wildman–Crippen MR) is 137 cm³/mol. The Morgan fingerprint density at radius 3 is 2.78 bits per heavy atom. The van der Waals surface area contributed by atoms with Crippen molar-refractivity contribution in [3.05, 3.63) is 54.9 Å². The molecular weight excluding hydrogens is 516 g/mol. The molecule has 3 atom stereocenters. The van der Waals surface area contributed by atoms with Crippen LogP contribution in [0.1, 0.15) is 26.2 Å². The van der Waals surface area contributed by atoms with Crippen LogP contribution in [-0.2, 0) is 19.6 Å². The third-order valence-electron chi connectivity index (χ3n) is 6.67. The SMILES string of the molecule is CCCC(NC(=O)Oc1cc2ccccc2s1)C(=O)N1CCC2C1C(=O)CN2S(=O)(=O)c1cccnc1. The summed E-state index contributed by atoms with van der Waals surface area (Å²) in [6, 6.07) is 9.90. The van der Waals surface area contributed by atoms with Crippen molar-refractivity contribution in [1.29, 1.82) is 0 Å². The van der Waals surface area contributed by atoms with Crippen LogP contribution in [0.3, 0.4) is 0 Å². The van der Waals surface area contributed by atoms with Crippen LogP contribution in [-0.4, -0.2) is 71.6 Å². The molecule has 2 aliphatic heterocycles. The van der Waals surface area contributed by atoms with Crippen LogP contribution < -0.4 is 10.1 Å². The fourth-order valence-electron chi connectivity index (χ4n) is 4.99. The number of nitrogens with one attached hydrogen (secondary N) is 1. The first-order valence-electron chi connectivity index (χ1n) is 12.0. The third-order valence-corrected chi connectivity index (χ3v) is 9.51. The molecule has 37 heavy (non-hydrogen) atoms. The van der Waals surface area contributed by atoms with Crippen molar-refractivity contribution in [3.8, 4) is 5.06 Å². The van der Waals surface area contributed by atoms with Crippen LogP contribution >= 0.6 is 11.3 Å². The van der Waals surface area contributed by atoms with Crippen molar-refractivity contribution < 1.29 is 27.5 Å². The maximum absolute atomic E-state index is 13.5. The van der Waals surface area contributed by atoms with Gasteiger partial charge in [-0.3, -0.25) is 14.6 Å². The number of Topliss-reactive ketones (excluding diaryl/α,β-unsaturated/α-hetero) is 1. The summed E-state index contributed by atoms with van der Waals surface area (Å²) in [6.45, 7) is 1.79. The second-order valence-corrected chi connectivity index (χ2v) is 12.0. The second-order valence-electron chi connectivity index (χ2n) is 9.02. The number of hydrogen-bond acceptors (Lipinski definition) is 8. The second kappa shape index (κ2) is 10.2. The molecule has 0 aliphatic carbocycles. The zero-order chi connectivity index (χ0) is 26.2. The Labute approximate surface area is 218 Å². The van der Waals surface area contributed by atoms with E-state index in [1.165, 1.54) is 45.1 Å². The number of carbonyl (C=O) groups is 3. The first kappa shape index (κ1) is 25.3. The normalized spacial score (nSPS) is 20.7. The first-order valence-corrected chi connectivity index (χ1v) is 14.3. The minimum atomic E-state index is -3.95. The van der Waals surface area contributed by atoms with Crippen molar-refractivity contribution in [2.75, 3.05) is 13.1 Å². The van der Waals surface area contributed by atoms with E-state index in [4.69, 9.17) is 4.74 Å². The summed E-state index contributed by atoms with van der Waals surface area (Å²) in [5.74, 6) is -0.761. The van der Waals surface area contributed by atoms with Crippen LogP contribution in [0.4, 0.5) is 4.79 Å². The summed E-state index contributed by atoms with van der Waals surface area (Å²) in [5, 5.41) is 4.01. The lowest BCUT2D eigenvalue weighted by Gasteiger charge is -2.28. The Morgan fingerprint density at radius 2 is 2.05 bits per heavy atom. The minimum Gasteiger partial charge on any atom is -0.399 e. The molecule has 0 saturated carbocycles. The number of fused-ring (bicyclic) bond motifs is 2. The number of thiophene rings is 1. The van der Waals surface area contributed by atoms with Crippen LogP contribution in [0.15, 0.2) is 59.8 Å². The Kier molecular flexibility index (Phi) is 6.97. The van der Waals surface area contributed by atoms with Crippen molar-refractivity contribution >= 4 is 49.2 Å². The number of rotatable bonds is 7. The van der Waals surface area contributed by atoms with Crippen LogP contribution in [0.2, 0.25) is 0 Å². The van der Waals surface area contributed by atoms with E-state index >= 15 is 0 Å². The third kappa shape index (κ3) is 4.83. The number of benzene rings is 1. The number of likely N-dealkylation sites (tertiary alicyclic amines) is 1. The smallest absolute Gasteiger partial charge is 0.399 e. The fraction of sp³-hybridized carbons (Fsp3) is 0.360. The van der Waals surface area contributed by atoms with Gasteiger partial charge >= 0.3 is 6.09 Å². The van der Waals surface area contributed by atoms with Gasteiger partial charge in [-0.2, -0.15) is 4.31 Å². The molecule has 12 heteroatoms. The van der Waals surface area contributed by atoms with E-state index in [-0.39, 0.29) is 23.8 Å². The highest BCUT2D eigenvalue weighted by molar-refractivity contribution is 7.89. The Hall–Kier alpha value is -3.35. The van der Waals surface area contributed by atoms with Gasteiger partial charge in [0.05, 0.1) is 12.6 Å². The number of sulfonamides is 1. The highest BCUT2D eigenvalue weighted by Gasteiger charge is 2.54. The summed E-state index contributed by atoms with van der Waals surface area (Å²) < 4.78 is 33.9. The number of ketones is 1. The predicted octanol–water partition coefficient (Wildman–Crippen LogP) is 2.80. The molecule has 2 fully saturated rings. The summed E-state index contributed by atoms with van der Waals surface area (Å²) in [7, 11) is -3.95. The van der Waals surface area contributed by atoms with E-state index < -0.39 is 40.1 Å². The summed E-state index contributed by atoms with van der Waals surface area (Å²) in [5.41, 5.74) is 0. The van der Waals surface area contributed by atoms with Crippen LogP contribution in [0, 0.1) is 0 Å². The number of carbonyl (C=O) groups excluding carboxylic acids is 3. The first-order chi connectivity index (χ1) is 17.8. The molecule has 2 amide bonds. The summed E-state index contributed by atoms with van der Waals surface area (Å²) >= 11 is 1.32. The lowest BCUT2D eigenvalue weighted by molar-refractivity contribution is -0.138. The largest absolute Gasteiger partial charge is 0.414 e. The number of aromatic nitrogens is 1. The molecule has 0 bridgehead atoms. The number of ether oxygens (including phenoxy) is 1. The molecule has 2 aliphatic rings. The summed E-state index contributed by atoms with van der Waals surface area (Å²) in [4.78, 5) is 44.4. The van der Waals surface area contributed by atoms with Gasteiger partial charge in [0.25, 0.3) is 0 Å². The van der Waals surface area contributed by atoms with E-state index in [0.29, 0.717) is 24.3 Å². The molecule has 3 unspecified atom stereocenters. The van der Waals surface area contributed by atoms with Gasteiger partial charge in [-0.1, -0.05) is 42.9 Å².